The smallest absolute Gasteiger partial charge is 0.229 e. The lowest BCUT2D eigenvalue weighted by molar-refractivity contribution is -0.277. The maximum Gasteiger partial charge on any atom is 0.229 e. The van der Waals surface area contributed by atoms with Gasteiger partial charge in [-0.25, -0.2) is 0 Å². The van der Waals surface area contributed by atoms with Crippen LogP contribution in [0.4, 0.5) is 0 Å². The molecule has 4 rings (SSSR count). The van der Waals surface area contributed by atoms with Crippen LogP contribution in [0.15, 0.2) is 42.5 Å². The first kappa shape index (κ1) is 20.5. The molecule has 30 heavy (non-hydrogen) atoms. The summed E-state index contributed by atoms with van der Waals surface area (Å²) in [7, 11) is 0. The Morgan fingerprint density at radius 2 is 1.67 bits per heavy atom. The van der Waals surface area contributed by atoms with Crippen LogP contribution >= 0.6 is 0 Å². The minimum Gasteiger partial charge on any atom is -0.508 e. The van der Waals surface area contributed by atoms with Crippen molar-refractivity contribution >= 4 is 6.08 Å². The average Bonchev–Trinajstić information content (AvgIpc) is 2.74. The largest absolute Gasteiger partial charge is 0.508 e. The second-order valence-electron chi connectivity index (χ2n) is 7.16. The summed E-state index contributed by atoms with van der Waals surface area (Å²) in [5.74, 6) is 0.407. The van der Waals surface area contributed by atoms with Crippen molar-refractivity contribution in [2.75, 3.05) is 6.61 Å². The molecule has 1 saturated heterocycles. The van der Waals surface area contributed by atoms with Crippen LogP contribution in [0.5, 0.6) is 23.0 Å². The van der Waals surface area contributed by atoms with Crippen LogP contribution in [-0.4, -0.2) is 68.0 Å². The molecule has 160 valence electrons. The maximum absolute atomic E-state index is 10.3. The lowest BCUT2D eigenvalue weighted by Gasteiger charge is -2.39. The van der Waals surface area contributed by atoms with Gasteiger partial charge in [-0.2, -0.15) is 0 Å². The molecule has 0 bridgehead atoms. The summed E-state index contributed by atoms with van der Waals surface area (Å²) in [6.07, 6.45) is -4.16. The molecule has 0 saturated carbocycles. The number of aromatic hydroxyl groups is 2. The first-order chi connectivity index (χ1) is 14.4. The highest BCUT2D eigenvalue weighted by molar-refractivity contribution is 5.68. The molecule has 6 unspecified atom stereocenters. The Hall–Kier alpha value is -2.82. The van der Waals surface area contributed by atoms with E-state index in [9.17, 15) is 30.6 Å². The Labute approximate surface area is 171 Å². The van der Waals surface area contributed by atoms with Crippen LogP contribution in [0, 0.1) is 0 Å². The van der Waals surface area contributed by atoms with Gasteiger partial charge in [0.2, 0.25) is 6.29 Å². The standard InChI is InChI=1S/C21H22O9/c22-9-17-18(25)19(26)20(27)21(30-17)28-12-7-14(24)13-5-6-15(29-16(13)8-12)10-1-3-11(23)4-2-10/h1-8,15,17-27H,9H2. The molecule has 2 aliphatic heterocycles. The van der Waals surface area contributed by atoms with Crippen molar-refractivity contribution in [1.82, 2.24) is 0 Å². The van der Waals surface area contributed by atoms with Gasteiger partial charge in [0.1, 0.15) is 53.5 Å². The minimum atomic E-state index is -1.58. The number of phenolic OH excluding ortho intramolecular Hbond substituents is 2. The number of hydrogen-bond donors (Lipinski definition) is 6. The summed E-state index contributed by atoms with van der Waals surface area (Å²) in [5.41, 5.74) is 1.22. The summed E-state index contributed by atoms with van der Waals surface area (Å²) in [6.45, 7) is -0.581. The highest BCUT2D eigenvalue weighted by atomic mass is 16.7. The summed E-state index contributed by atoms with van der Waals surface area (Å²) in [6, 6.07) is 9.30. The number of aliphatic hydroxyl groups is 4. The van der Waals surface area contributed by atoms with E-state index >= 15 is 0 Å². The molecule has 0 amide bonds. The first-order valence-corrected chi connectivity index (χ1v) is 9.35. The summed E-state index contributed by atoms with van der Waals surface area (Å²) in [5, 5.41) is 59.0. The predicted molar refractivity (Wildman–Crippen MR) is 103 cm³/mol. The molecule has 0 aliphatic carbocycles. The molecule has 0 radical (unpaired) electrons. The second kappa shape index (κ2) is 8.13. The van der Waals surface area contributed by atoms with Crippen molar-refractivity contribution in [3.05, 3.63) is 53.6 Å². The summed E-state index contributed by atoms with van der Waals surface area (Å²) in [4.78, 5) is 0. The van der Waals surface area contributed by atoms with E-state index in [0.717, 1.165) is 5.56 Å². The lowest BCUT2D eigenvalue weighted by Crippen LogP contribution is -2.60. The fraction of sp³-hybridized carbons (Fsp3) is 0.333. The van der Waals surface area contributed by atoms with Crippen LogP contribution in [0.1, 0.15) is 17.2 Å². The molecular formula is C21H22O9. The van der Waals surface area contributed by atoms with Gasteiger partial charge in [0, 0.05) is 12.1 Å². The van der Waals surface area contributed by atoms with Crippen LogP contribution in [0.25, 0.3) is 6.08 Å². The van der Waals surface area contributed by atoms with E-state index in [1.165, 1.54) is 24.3 Å². The van der Waals surface area contributed by atoms with Gasteiger partial charge >= 0.3 is 0 Å². The molecule has 0 aromatic heterocycles. The highest BCUT2D eigenvalue weighted by Gasteiger charge is 2.44. The fourth-order valence-electron chi connectivity index (χ4n) is 3.42. The van der Waals surface area contributed by atoms with Crippen molar-refractivity contribution in [2.45, 2.75) is 36.8 Å². The molecule has 2 aromatic carbocycles. The van der Waals surface area contributed by atoms with E-state index in [1.807, 2.05) is 0 Å². The number of aliphatic hydroxyl groups excluding tert-OH is 4. The van der Waals surface area contributed by atoms with E-state index in [0.29, 0.717) is 11.3 Å². The number of fused-ring (bicyclic) bond motifs is 1. The Kier molecular flexibility index (Phi) is 5.54. The quantitative estimate of drug-likeness (QED) is 0.415. The van der Waals surface area contributed by atoms with Gasteiger partial charge in [-0.05, 0) is 29.8 Å². The third kappa shape index (κ3) is 3.81. The zero-order valence-electron chi connectivity index (χ0n) is 15.7. The van der Waals surface area contributed by atoms with Crippen molar-refractivity contribution in [3.63, 3.8) is 0 Å². The molecule has 9 nitrogen and oxygen atoms in total. The van der Waals surface area contributed by atoms with Gasteiger partial charge in [0.15, 0.2) is 0 Å². The van der Waals surface area contributed by atoms with E-state index in [-0.39, 0.29) is 17.2 Å². The molecule has 2 heterocycles. The molecule has 2 aliphatic rings. The normalized spacial score (nSPS) is 30.4. The lowest BCUT2D eigenvalue weighted by atomic mass is 9.99. The summed E-state index contributed by atoms with van der Waals surface area (Å²) < 4.78 is 16.8. The van der Waals surface area contributed by atoms with Gasteiger partial charge in [0.25, 0.3) is 0 Å². The van der Waals surface area contributed by atoms with Crippen LogP contribution in [0.3, 0.4) is 0 Å². The topological polar surface area (TPSA) is 149 Å². The zero-order chi connectivity index (χ0) is 21.4. The number of ether oxygens (including phenoxy) is 3. The van der Waals surface area contributed by atoms with Crippen molar-refractivity contribution in [3.8, 4) is 23.0 Å². The molecule has 1 fully saturated rings. The van der Waals surface area contributed by atoms with Gasteiger partial charge in [-0.1, -0.05) is 12.1 Å². The SMILES string of the molecule is OCC1OC(Oc2cc(O)c3c(c2)OC(c2ccc(O)cc2)C=C3)C(O)C(O)C1O. The maximum atomic E-state index is 10.3. The number of hydrogen-bond acceptors (Lipinski definition) is 9. The predicted octanol–water partition coefficient (Wildman–Crippen LogP) is 0.423. The molecule has 6 atom stereocenters. The molecule has 6 N–H and O–H groups in total. The molecule has 2 aromatic rings. The average molecular weight is 418 g/mol. The Balaban J connectivity index is 1.56. The number of benzene rings is 2. The Morgan fingerprint density at radius 1 is 0.933 bits per heavy atom. The molecule has 0 spiro atoms. The van der Waals surface area contributed by atoms with E-state index in [1.54, 1.807) is 24.3 Å². The van der Waals surface area contributed by atoms with Crippen LogP contribution in [0.2, 0.25) is 0 Å². The third-order valence-corrected chi connectivity index (χ3v) is 5.11. The Bertz CT molecular complexity index is 925. The number of rotatable bonds is 4. The zero-order valence-corrected chi connectivity index (χ0v) is 15.7. The molecule has 9 heteroatoms. The van der Waals surface area contributed by atoms with Gasteiger partial charge in [-0.3, -0.25) is 0 Å². The van der Waals surface area contributed by atoms with Crippen molar-refractivity contribution in [1.29, 1.82) is 0 Å². The van der Waals surface area contributed by atoms with E-state index < -0.39 is 43.4 Å². The monoisotopic (exact) mass is 418 g/mol. The second-order valence-corrected chi connectivity index (χ2v) is 7.16. The minimum absolute atomic E-state index is 0.0929. The van der Waals surface area contributed by atoms with E-state index in [4.69, 9.17) is 14.2 Å². The first-order valence-electron chi connectivity index (χ1n) is 9.35. The fourth-order valence-corrected chi connectivity index (χ4v) is 3.42. The third-order valence-electron chi connectivity index (χ3n) is 5.11. The molecular weight excluding hydrogens is 396 g/mol. The van der Waals surface area contributed by atoms with Gasteiger partial charge in [0.05, 0.1) is 12.2 Å². The van der Waals surface area contributed by atoms with Gasteiger partial charge in [-0.15, -0.1) is 0 Å². The van der Waals surface area contributed by atoms with Crippen LogP contribution in [-0.2, 0) is 4.74 Å². The highest BCUT2D eigenvalue weighted by Crippen LogP contribution is 2.41. The van der Waals surface area contributed by atoms with Crippen molar-refractivity contribution < 1.29 is 44.8 Å². The van der Waals surface area contributed by atoms with Crippen LogP contribution < -0.4 is 9.47 Å². The van der Waals surface area contributed by atoms with Gasteiger partial charge < -0.3 is 44.8 Å². The number of phenols is 2. The summed E-state index contributed by atoms with van der Waals surface area (Å²) >= 11 is 0. The Morgan fingerprint density at radius 3 is 2.37 bits per heavy atom. The van der Waals surface area contributed by atoms with E-state index in [2.05, 4.69) is 0 Å². The van der Waals surface area contributed by atoms with Crippen molar-refractivity contribution in [2.24, 2.45) is 0 Å².